The first-order chi connectivity index (χ1) is 16.4. The number of hydrogen-bond donors (Lipinski definition) is 4. The Labute approximate surface area is 198 Å². The van der Waals surface area contributed by atoms with Crippen LogP contribution in [0.25, 0.3) is 0 Å². The van der Waals surface area contributed by atoms with Gasteiger partial charge in [0.25, 0.3) is 0 Å². The molecule has 0 radical (unpaired) electrons. The molecule has 1 heterocycles. The van der Waals surface area contributed by atoms with Gasteiger partial charge in [0.05, 0.1) is 0 Å². The molecule has 0 fully saturated rings. The van der Waals surface area contributed by atoms with Crippen LogP contribution in [0.4, 0.5) is 5.69 Å². The van der Waals surface area contributed by atoms with Crippen LogP contribution < -0.4 is 10.6 Å². The number of amides is 2. The molecule has 7 nitrogen and oxygen atoms in total. The molecule has 3 aromatic carbocycles. The van der Waals surface area contributed by atoms with Gasteiger partial charge in [-0.25, -0.2) is 0 Å². The van der Waals surface area contributed by atoms with E-state index in [-0.39, 0.29) is 29.9 Å². The first-order valence-electron chi connectivity index (χ1n) is 11.3. The van der Waals surface area contributed by atoms with Crippen LogP contribution >= 0.6 is 0 Å². The molecule has 0 spiro atoms. The molecule has 34 heavy (non-hydrogen) atoms. The number of nitrogens with one attached hydrogen (secondary N) is 2. The average Bonchev–Trinajstić information content (AvgIpc) is 3.14. The standard InChI is InChI=1S/C27H28N2O5/c1-3-24(34-4-2)25(32)28-16-17-15-19(11-14-23(17)31)27(18-9-12-20(30)13-10-18)21-7-5-6-8-22(21)29-26(27)33/h5-15,24,30-31H,3-4,16H2,1-2H3,(H,28,32)(H,29,33). The molecule has 4 rings (SSSR count). The number of carbonyl (C=O) groups excluding carboxylic acids is 2. The lowest BCUT2D eigenvalue weighted by molar-refractivity contribution is -0.132. The zero-order chi connectivity index (χ0) is 24.3. The first kappa shape index (κ1) is 23.3. The van der Waals surface area contributed by atoms with E-state index in [0.29, 0.717) is 35.4 Å². The van der Waals surface area contributed by atoms with Crippen LogP contribution in [0.2, 0.25) is 0 Å². The fourth-order valence-electron chi connectivity index (χ4n) is 4.55. The summed E-state index contributed by atoms with van der Waals surface area (Å²) in [6.07, 6.45) is -0.0294. The summed E-state index contributed by atoms with van der Waals surface area (Å²) in [7, 11) is 0. The fourth-order valence-corrected chi connectivity index (χ4v) is 4.55. The quantitative estimate of drug-likeness (QED) is 0.409. The Hall–Kier alpha value is -3.84. The van der Waals surface area contributed by atoms with Crippen molar-refractivity contribution in [1.82, 2.24) is 5.32 Å². The highest BCUT2D eigenvalue weighted by atomic mass is 16.5. The number of carbonyl (C=O) groups is 2. The monoisotopic (exact) mass is 460 g/mol. The number of benzene rings is 3. The molecule has 2 unspecified atom stereocenters. The topological polar surface area (TPSA) is 108 Å². The van der Waals surface area contributed by atoms with E-state index in [1.807, 2.05) is 38.1 Å². The predicted molar refractivity (Wildman–Crippen MR) is 129 cm³/mol. The Morgan fingerprint density at radius 3 is 2.44 bits per heavy atom. The van der Waals surface area contributed by atoms with Crippen molar-refractivity contribution in [2.24, 2.45) is 0 Å². The first-order valence-corrected chi connectivity index (χ1v) is 11.3. The van der Waals surface area contributed by atoms with Gasteiger partial charge in [-0.1, -0.05) is 43.3 Å². The summed E-state index contributed by atoms with van der Waals surface area (Å²) < 4.78 is 5.47. The van der Waals surface area contributed by atoms with Gasteiger partial charge in [-0.15, -0.1) is 0 Å². The Balaban J connectivity index is 1.78. The maximum Gasteiger partial charge on any atom is 0.249 e. The van der Waals surface area contributed by atoms with Crippen LogP contribution in [-0.2, 0) is 26.3 Å². The number of rotatable bonds is 8. The van der Waals surface area contributed by atoms with Gasteiger partial charge in [0.1, 0.15) is 23.0 Å². The maximum atomic E-state index is 13.6. The van der Waals surface area contributed by atoms with Crippen molar-refractivity contribution in [2.45, 2.75) is 38.3 Å². The molecule has 0 saturated carbocycles. The molecule has 0 aromatic heterocycles. The van der Waals surface area contributed by atoms with E-state index in [4.69, 9.17) is 4.74 Å². The van der Waals surface area contributed by atoms with Crippen LogP contribution in [-0.4, -0.2) is 34.7 Å². The number of fused-ring (bicyclic) bond motifs is 1. The maximum absolute atomic E-state index is 13.6. The minimum absolute atomic E-state index is 0.0149. The zero-order valence-corrected chi connectivity index (χ0v) is 19.2. The second-order valence-corrected chi connectivity index (χ2v) is 8.21. The van der Waals surface area contributed by atoms with Gasteiger partial charge in [0, 0.05) is 30.0 Å². The summed E-state index contributed by atoms with van der Waals surface area (Å²) in [5, 5.41) is 26.2. The van der Waals surface area contributed by atoms with Crippen LogP contribution in [0.5, 0.6) is 11.5 Å². The minimum atomic E-state index is -1.19. The van der Waals surface area contributed by atoms with Gasteiger partial charge >= 0.3 is 0 Å². The van der Waals surface area contributed by atoms with Crippen LogP contribution in [0.1, 0.15) is 42.5 Å². The molecule has 1 aliphatic rings. The Morgan fingerprint density at radius 2 is 1.74 bits per heavy atom. The third-order valence-electron chi connectivity index (χ3n) is 6.22. The zero-order valence-electron chi connectivity index (χ0n) is 19.2. The van der Waals surface area contributed by atoms with Crippen molar-refractivity contribution >= 4 is 17.5 Å². The lowest BCUT2D eigenvalue weighted by Gasteiger charge is -2.29. The Kier molecular flexibility index (Phi) is 6.56. The SMILES string of the molecule is CCOC(CC)C(=O)NCc1cc(C2(c3ccc(O)cc3)C(=O)Nc3ccccc32)ccc1O. The van der Waals surface area contributed by atoms with Gasteiger partial charge in [0.15, 0.2) is 0 Å². The fraction of sp³-hybridized carbons (Fsp3) is 0.259. The summed E-state index contributed by atoms with van der Waals surface area (Å²) >= 11 is 0. The number of para-hydroxylation sites is 1. The summed E-state index contributed by atoms with van der Waals surface area (Å²) in [6, 6.07) is 19.0. The van der Waals surface area contributed by atoms with Crippen molar-refractivity contribution in [1.29, 1.82) is 0 Å². The number of phenolic OH excluding ortho intramolecular Hbond substituents is 2. The molecule has 7 heteroatoms. The predicted octanol–water partition coefficient (Wildman–Crippen LogP) is 3.82. The smallest absolute Gasteiger partial charge is 0.249 e. The van der Waals surface area contributed by atoms with Crippen molar-refractivity contribution in [2.75, 3.05) is 11.9 Å². The van der Waals surface area contributed by atoms with E-state index in [1.165, 1.54) is 6.07 Å². The van der Waals surface area contributed by atoms with Gasteiger partial charge in [-0.2, -0.15) is 0 Å². The lowest BCUT2D eigenvalue weighted by atomic mass is 9.70. The van der Waals surface area contributed by atoms with Crippen LogP contribution in [0, 0.1) is 0 Å². The van der Waals surface area contributed by atoms with Crippen LogP contribution in [0.15, 0.2) is 66.7 Å². The molecule has 3 aromatic rings. The van der Waals surface area contributed by atoms with E-state index in [1.54, 1.807) is 36.4 Å². The van der Waals surface area contributed by atoms with Crippen LogP contribution in [0.3, 0.4) is 0 Å². The number of anilines is 1. The largest absolute Gasteiger partial charge is 0.508 e. The second-order valence-electron chi connectivity index (χ2n) is 8.21. The number of hydrogen-bond acceptors (Lipinski definition) is 5. The van der Waals surface area contributed by atoms with Crippen molar-refractivity contribution in [3.05, 3.63) is 89.0 Å². The highest BCUT2D eigenvalue weighted by Crippen LogP contribution is 2.48. The molecule has 2 atom stereocenters. The Morgan fingerprint density at radius 1 is 1.03 bits per heavy atom. The molecular weight excluding hydrogens is 432 g/mol. The lowest BCUT2D eigenvalue weighted by Crippen LogP contribution is -2.37. The van der Waals surface area contributed by atoms with Gasteiger partial charge < -0.3 is 25.6 Å². The van der Waals surface area contributed by atoms with Gasteiger partial charge in [-0.3, -0.25) is 9.59 Å². The highest BCUT2D eigenvalue weighted by molar-refractivity contribution is 6.11. The molecule has 0 saturated heterocycles. The van der Waals surface area contributed by atoms with E-state index in [0.717, 1.165) is 5.56 Å². The summed E-state index contributed by atoms with van der Waals surface area (Å²) in [5.74, 6) is -0.380. The van der Waals surface area contributed by atoms with E-state index in [2.05, 4.69) is 10.6 Å². The Bertz CT molecular complexity index is 1210. The molecule has 0 bridgehead atoms. The summed E-state index contributed by atoms with van der Waals surface area (Å²) in [4.78, 5) is 26.1. The number of phenols is 2. The third-order valence-corrected chi connectivity index (χ3v) is 6.22. The average molecular weight is 461 g/mol. The molecule has 0 aliphatic carbocycles. The highest BCUT2D eigenvalue weighted by Gasteiger charge is 2.49. The van der Waals surface area contributed by atoms with Gasteiger partial charge in [0.2, 0.25) is 11.8 Å². The number of ether oxygens (including phenoxy) is 1. The molecular formula is C27H28N2O5. The molecule has 176 valence electrons. The third kappa shape index (κ3) is 3.99. The minimum Gasteiger partial charge on any atom is -0.508 e. The van der Waals surface area contributed by atoms with Crippen molar-refractivity contribution in [3.63, 3.8) is 0 Å². The van der Waals surface area contributed by atoms with Crippen molar-refractivity contribution < 1.29 is 24.5 Å². The van der Waals surface area contributed by atoms with E-state index < -0.39 is 11.5 Å². The van der Waals surface area contributed by atoms with Gasteiger partial charge in [-0.05, 0) is 54.8 Å². The van der Waals surface area contributed by atoms with E-state index >= 15 is 0 Å². The van der Waals surface area contributed by atoms with E-state index in [9.17, 15) is 19.8 Å². The summed E-state index contributed by atoms with van der Waals surface area (Å²) in [5.41, 5.74) is 2.08. The summed E-state index contributed by atoms with van der Waals surface area (Å²) in [6.45, 7) is 4.21. The second kappa shape index (κ2) is 9.57. The molecule has 2 amide bonds. The number of aromatic hydroxyl groups is 2. The van der Waals surface area contributed by atoms with Crippen molar-refractivity contribution in [3.8, 4) is 11.5 Å². The molecule has 4 N–H and O–H groups in total. The molecule has 1 aliphatic heterocycles. The normalized spacial score (nSPS) is 17.6.